The average Bonchev–Trinajstić information content (AvgIpc) is 3.20. The van der Waals surface area contributed by atoms with E-state index in [2.05, 4.69) is 20.4 Å². The first-order valence-electron chi connectivity index (χ1n) is 7.34. The molecule has 0 saturated heterocycles. The molecule has 0 spiro atoms. The molecular formula is C15H18N4O3. The maximum absolute atomic E-state index is 12.3. The zero-order valence-corrected chi connectivity index (χ0v) is 12.8. The van der Waals surface area contributed by atoms with Crippen molar-refractivity contribution >= 4 is 11.6 Å². The quantitative estimate of drug-likeness (QED) is 0.913. The number of anilines is 1. The second kappa shape index (κ2) is 5.75. The Balaban J connectivity index is 1.77. The lowest BCUT2D eigenvalue weighted by molar-refractivity contribution is 0.101. The number of carbonyl (C=O) groups excluding carboxylic acids is 1. The van der Waals surface area contributed by atoms with Crippen LogP contribution in [-0.4, -0.2) is 27.6 Å². The number of aryl methyl sites for hydroxylation is 2. The average molecular weight is 302 g/mol. The van der Waals surface area contributed by atoms with Crippen molar-refractivity contribution in [1.29, 1.82) is 0 Å². The van der Waals surface area contributed by atoms with Gasteiger partial charge in [-0.25, -0.2) is 0 Å². The maximum atomic E-state index is 12.3. The normalized spacial score (nSPS) is 14.0. The van der Waals surface area contributed by atoms with E-state index in [-0.39, 0.29) is 11.6 Å². The van der Waals surface area contributed by atoms with Crippen molar-refractivity contribution in [3.8, 4) is 6.01 Å². The number of rotatable bonds is 5. The van der Waals surface area contributed by atoms with E-state index in [1.165, 1.54) is 0 Å². The topological polar surface area (TPSA) is 90.1 Å². The summed E-state index contributed by atoms with van der Waals surface area (Å²) in [5.74, 6) is 0.877. The van der Waals surface area contributed by atoms with Crippen LogP contribution in [0.25, 0.3) is 0 Å². The number of amides is 1. The Hall–Kier alpha value is -2.44. The van der Waals surface area contributed by atoms with E-state index in [1.807, 2.05) is 6.92 Å². The zero-order valence-electron chi connectivity index (χ0n) is 12.8. The van der Waals surface area contributed by atoms with Crippen molar-refractivity contribution in [2.45, 2.75) is 39.5 Å². The number of aromatic nitrogens is 3. The lowest BCUT2D eigenvalue weighted by Crippen LogP contribution is -2.16. The SMILES string of the molecule is CCOc1nc(C)c(NC(=O)c2cc(C3CC3)on2)c(C)n1. The molecule has 1 amide bonds. The van der Waals surface area contributed by atoms with Crippen molar-refractivity contribution in [2.24, 2.45) is 0 Å². The predicted octanol–water partition coefficient (Wildman–Crippen LogP) is 2.61. The van der Waals surface area contributed by atoms with Crippen molar-refractivity contribution < 1.29 is 14.1 Å². The molecule has 116 valence electrons. The highest BCUT2D eigenvalue weighted by Crippen LogP contribution is 2.40. The van der Waals surface area contributed by atoms with E-state index >= 15 is 0 Å². The summed E-state index contributed by atoms with van der Waals surface area (Å²) in [4.78, 5) is 20.7. The summed E-state index contributed by atoms with van der Waals surface area (Å²) in [5, 5.41) is 6.62. The summed E-state index contributed by atoms with van der Waals surface area (Å²) >= 11 is 0. The Kier molecular flexibility index (Phi) is 3.79. The number of carbonyl (C=O) groups is 1. The van der Waals surface area contributed by atoms with Gasteiger partial charge in [0.15, 0.2) is 5.69 Å². The van der Waals surface area contributed by atoms with Crippen molar-refractivity contribution in [1.82, 2.24) is 15.1 Å². The van der Waals surface area contributed by atoms with Gasteiger partial charge in [0.05, 0.1) is 23.7 Å². The lowest BCUT2D eigenvalue weighted by atomic mass is 10.2. The molecular weight excluding hydrogens is 284 g/mol. The minimum atomic E-state index is -0.324. The molecule has 1 aliphatic carbocycles. The fourth-order valence-corrected chi connectivity index (χ4v) is 2.19. The first kappa shape index (κ1) is 14.5. The molecule has 7 nitrogen and oxygen atoms in total. The highest BCUT2D eigenvalue weighted by molar-refractivity contribution is 6.03. The lowest BCUT2D eigenvalue weighted by Gasteiger charge is -2.11. The number of hydrogen-bond acceptors (Lipinski definition) is 6. The molecule has 0 unspecified atom stereocenters. The van der Waals surface area contributed by atoms with Gasteiger partial charge in [-0.1, -0.05) is 5.16 Å². The van der Waals surface area contributed by atoms with Gasteiger partial charge < -0.3 is 14.6 Å². The third kappa shape index (κ3) is 2.93. The van der Waals surface area contributed by atoms with Crippen LogP contribution < -0.4 is 10.1 Å². The van der Waals surface area contributed by atoms with Crippen LogP contribution in [0.2, 0.25) is 0 Å². The van der Waals surface area contributed by atoms with Gasteiger partial charge in [-0.3, -0.25) is 4.79 Å². The molecule has 1 aliphatic rings. The van der Waals surface area contributed by atoms with Gasteiger partial charge >= 0.3 is 6.01 Å². The Morgan fingerprint density at radius 3 is 2.64 bits per heavy atom. The van der Waals surface area contributed by atoms with E-state index in [1.54, 1.807) is 19.9 Å². The first-order chi connectivity index (χ1) is 10.6. The van der Waals surface area contributed by atoms with Gasteiger partial charge in [0.1, 0.15) is 5.76 Å². The van der Waals surface area contributed by atoms with Crippen LogP contribution in [0.5, 0.6) is 6.01 Å². The summed E-state index contributed by atoms with van der Waals surface area (Å²) in [7, 11) is 0. The van der Waals surface area contributed by atoms with E-state index < -0.39 is 0 Å². The van der Waals surface area contributed by atoms with Crippen LogP contribution in [0, 0.1) is 13.8 Å². The summed E-state index contributed by atoms with van der Waals surface area (Å²) in [5.41, 5.74) is 2.14. The molecule has 2 aromatic rings. The van der Waals surface area contributed by atoms with Crippen molar-refractivity contribution in [3.05, 3.63) is 28.9 Å². The smallest absolute Gasteiger partial charge is 0.316 e. The molecule has 22 heavy (non-hydrogen) atoms. The van der Waals surface area contributed by atoms with Gasteiger partial charge in [-0.15, -0.1) is 0 Å². The molecule has 2 aromatic heterocycles. The molecule has 0 atom stereocenters. The molecule has 7 heteroatoms. The molecule has 0 radical (unpaired) electrons. The Bertz CT molecular complexity index is 684. The number of nitrogens with zero attached hydrogens (tertiary/aromatic N) is 3. The first-order valence-corrected chi connectivity index (χ1v) is 7.34. The molecule has 1 saturated carbocycles. The Morgan fingerprint density at radius 1 is 1.36 bits per heavy atom. The van der Waals surface area contributed by atoms with E-state index in [4.69, 9.17) is 9.26 Å². The third-order valence-corrected chi connectivity index (χ3v) is 3.50. The third-order valence-electron chi connectivity index (χ3n) is 3.50. The van der Waals surface area contributed by atoms with E-state index in [9.17, 15) is 4.79 Å². The van der Waals surface area contributed by atoms with E-state index in [0.29, 0.717) is 35.6 Å². The fraction of sp³-hybridized carbons (Fsp3) is 0.467. The van der Waals surface area contributed by atoms with Gasteiger partial charge in [-0.2, -0.15) is 9.97 Å². The number of nitrogens with one attached hydrogen (secondary N) is 1. The second-order valence-electron chi connectivity index (χ2n) is 5.33. The van der Waals surface area contributed by atoms with Crippen LogP contribution in [0.4, 0.5) is 5.69 Å². The maximum Gasteiger partial charge on any atom is 0.316 e. The number of ether oxygens (including phenoxy) is 1. The summed E-state index contributed by atoms with van der Waals surface area (Å²) in [6, 6.07) is 2.01. The molecule has 2 heterocycles. The van der Waals surface area contributed by atoms with Crippen LogP contribution in [0.3, 0.4) is 0 Å². The Morgan fingerprint density at radius 2 is 2.05 bits per heavy atom. The largest absolute Gasteiger partial charge is 0.464 e. The molecule has 0 aliphatic heterocycles. The monoisotopic (exact) mass is 302 g/mol. The van der Waals surface area contributed by atoms with Crippen molar-refractivity contribution in [2.75, 3.05) is 11.9 Å². The minimum Gasteiger partial charge on any atom is -0.464 e. The summed E-state index contributed by atoms with van der Waals surface area (Å²) in [6.07, 6.45) is 2.20. The van der Waals surface area contributed by atoms with Gasteiger partial charge in [0.2, 0.25) is 0 Å². The summed E-state index contributed by atoms with van der Waals surface area (Å²) < 4.78 is 10.5. The van der Waals surface area contributed by atoms with Crippen LogP contribution >= 0.6 is 0 Å². The fourth-order valence-electron chi connectivity index (χ4n) is 2.19. The molecule has 0 bridgehead atoms. The molecule has 0 aromatic carbocycles. The van der Waals surface area contributed by atoms with Crippen LogP contribution in [0.1, 0.15) is 53.3 Å². The zero-order chi connectivity index (χ0) is 15.7. The molecule has 1 N–H and O–H groups in total. The van der Waals surface area contributed by atoms with Gasteiger partial charge in [-0.05, 0) is 33.6 Å². The van der Waals surface area contributed by atoms with Gasteiger partial charge in [0.25, 0.3) is 5.91 Å². The van der Waals surface area contributed by atoms with Crippen molar-refractivity contribution in [3.63, 3.8) is 0 Å². The van der Waals surface area contributed by atoms with Gasteiger partial charge in [0, 0.05) is 12.0 Å². The standard InChI is InChI=1S/C15H18N4O3/c1-4-21-15-16-8(2)13(9(3)17-15)18-14(20)11-7-12(22-19-11)10-5-6-10/h7,10H,4-6H2,1-3H3,(H,18,20). The molecule has 3 rings (SSSR count). The minimum absolute atomic E-state index is 0.273. The van der Waals surface area contributed by atoms with Crippen LogP contribution in [0.15, 0.2) is 10.6 Å². The second-order valence-corrected chi connectivity index (χ2v) is 5.33. The highest BCUT2D eigenvalue weighted by atomic mass is 16.5. The summed E-state index contributed by atoms with van der Waals surface area (Å²) in [6.45, 7) is 5.95. The number of hydrogen-bond donors (Lipinski definition) is 1. The predicted molar refractivity (Wildman–Crippen MR) is 79.1 cm³/mol. The Labute approximate surface area is 128 Å². The van der Waals surface area contributed by atoms with Crippen LogP contribution in [-0.2, 0) is 0 Å². The highest BCUT2D eigenvalue weighted by Gasteiger charge is 2.29. The van der Waals surface area contributed by atoms with E-state index in [0.717, 1.165) is 18.6 Å². The molecule has 1 fully saturated rings.